The lowest BCUT2D eigenvalue weighted by molar-refractivity contribution is -0.137. The maximum Gasteiger partial charge on any atom is 0.416 e. The predicted molar refractivity (Wildman–Crippen MR) is 78.5 cm³/mol. The highest BCUT2D eigenvalue weighted by Gasteiger charge is 2.33. The Balaban J connectivity index is 2.11. The largest absolute Gasteiger partial charge is 0.486 e. The van der Waals surface area contributed by atoms with Crippen LogP contribution in [0.1, 0.15) is 11.1 Å². The molecule has 0 saturated heterocycles. The van der Waals surface area contributed by atoms with E-state index >= 15 is 0 Å². The number of sulfone groups is 1. The van der Waals surface area contributed by atoms with Crippen molar-refractivity contribution in [2.45, 2.75) is 11.1 Å². The van der Waals surface area contributed by atoms with E-state index < -0.39 is 54.3 Å². The molecule has 0 saturated carbocycles. The molecule has 1 aliphatic heterocycles. The molecular weight excluding hydrogens is 367 g/mol. The van der Waals surface area contributed by atoms with E-state index in [0.717, 1.165) is 30.3 Å². The van der Waals surface area contributed by atoms with Crippen molar-refractivity contribution in [3.05, 3.63) is 65.2 Å². The third-order valence-corrected chi connectivity index (χ3v) is 5.43. The summed E-state index contributed by atoms with van der Waals surface area (Å²) < 4.78 is 95.9. The Kier molecular flexibility index (Phi) is 4.06. The zero-order chi connectivity index (χ0) is 18.4. The van der Waals surface area contributed by atoms with Crippen LogP contribution in [0.3, 0.4) is 0 Å². The smallest absolute Gasteiger partial charge is 0.416 e. The molecule has 0 fully saturated rings. The van der Waals surface area contributed by atoms with Gasteiger partial charge >= 0.3 is 6.18 Å². The Morgan fingerprint density at radius 3 is 2.12 bits per heavy atom. The molecule has 1 heterocycles. The molecule has 1 aliphatic rings. The fourth-order valence-electron chi connectivity index (χ4n) is 2.40. The van der Waals surface area contributed by atoms with E-state index in [0.29, 0.717) is 12.1 Å². The first-order chi connectivity index (χ1) is 11.6. The van der Waals surface area contributed by atoms with Gasteiger partial charge in [0.2, 0.25) is 9.84 Å². The molecule has 9 heteroatoms. The van der Waals surface area contributed by atoms with Gasteiger partial charge in [0.25, 0.3) is 0 Å². The first-order valence-corrected chi connectivity index (χ1v) is 8.34. The second-order valence-corrected chi connectivity index (χ2v) is 7.06. The average molecular weight is 376 g/mol. The Morgan fingerprint density at radius 1 is 0.920 bits per heavy atom. The zero-order valence-electron chi connectivity index (χ0n) is 12.3. The summed E-state index contributed by atoms with van der Waals surface area (Å²) in [6, 6.07) is 4.29. The standard InChI is InChI=1S/C16H9F5O3S/c17-11-5-6-12(18)15-14(11)13(7-8-24-15)25(22,23)10-3-1-9(2-4-10)16(19,20)21/h1-7H,8H2. The molecule has 132 valence electrons. The van der Waals surface area contributed by atoms with Crippen LogP contribution in [-0.4, -0.2) is 15.0 Å². The summed E-state index contributed by atoms with van der Waals surface area (Å²) in [5.74, 6) is -2.50. The van der Waals surface area contributed by atoms with E-state index in [2.05, 4.69) is 0 Å². The van der Waals surface area contributed by atoms with E-state index in [1.807, 2.05) is 0 Å². The molecule has 0 aromatic heterocycles. The lowest BCUT2D eigenvalue weighted by atomic mass is 10.1. The molecule has 0 radical (unpaired) electrons. The maximum absolute atomic E-state index is 14.1. The lowest BCUT2D eigenvalue weighted by Crippen LogP contribution is -2.15. The number of benzene rings is 2. The number of rotatable bonds is 2. The molecule has 0 aliphatic carbocycles. The van der Waals surface area contributed by atoms with Gasteiger partial charge in [0.15, 0.2) is 11.6 Å². The van der Waals surface area contributed by atoms with Gasteiger partial charge in [0, 0.05) is 0 Å². The topological polar surface area (TPSA) is 43.4 Å². The number of hydrogen-bond donors (Lipinski definition) is 0. The molecule has 0 spiro atoms. The molecule has 0 unspecified atom stereocenters. The molecule has 0 atom stereocenters. The van der Waals surface area contributed by atoms with E-state index in [-0.39, 0.29) is 6.61 Å². The van der Waals surface area contributed by atoms with Gasteiger partial charge in [0.05, 0.1) is 20.9 Å². The molecule has 3 rings (SSSR count). The normalized spacial score (nSPS) is 14.5. The van der Waals surface area contributed by atoms with Crippen LogP contribution in [0.5, 0.6) is 5.75 Å². The fraction of sp³-hybridized carbons (Fsp3) is 0.125. The minimum Gasteiger partial charge on any atom is -0.486 e. The first-order valence-electron chi connectivity index (χ1n) is 6.86. The summed E-state index contributed by atoms with van der Waals surface area (Å²) in [5, 5.41) is 0. The van der Waals surface area contributed by atoms with Gasteiger partial charge in [-0.15, -0.1) is 0 Å². The van der Waals surface area contributed by atoms with Crippen LogP contribution >= 0.6 is 0 Å². The van der Waals surface area contributed by atoms with E-state index in [1.165, 1.54) is 0 Å². The number of hydrogen-bond acceptors (Lipinski definition) is 3. The van der Waals surface area contributed by atoms with Crippen LogP contribution in [0.4, 0.5) is 22.0 Å². The Labute approximate surface area is 139 Å². The number of halogens is 5. The van der Waals surface area contributed by atoms with Gasteiger partial charge in [-0.25, -0.2) is 17.2 Å². The summed E-state index contributed by atoms with van der Waals surface area (Å²) in [4.78, 5) is -1.02. The van der Waals surface area contributed by atoms with E-state index in [1.54, 1.807) is 0 Å². The highest BCUT2D eigenvalue weighted by Crippen LogP contribution is 2.40. The molecule has 2 aromatic rings. The van der Waals surface area contributed by atoms with Crippen LogP contribution in [0, 0.1) is 11.6 Å². The monoisotopic (exact) mass is 376 g/mol. The van der Waals surface area contributed by atoms with Crippen LogP contribution < -0.4 is 4.74 Å². The highest BCUT2D eigenvalue weighted by molar-refractivity contribution is 8.00. The fourth-order valence-corrected chi connectivity index (χ4v) is 3.90. The highest BCUT2D eigenvalue weighted by atomic mass is 32.2. The second kappa shape index (κ2) is 5.83. The number of fused-ring (bicyclic) bond motifs is 1. The van der Waals surface area contributed by atoms with Crippen molar-refractivity contribution in [2.75, 3.05) is 6.61 Å². The molecule has 2 aromatic carbocycles. The van der Waals surface area contributed by atoms with Crippen molar-refractivity contribution < 1.29 is 35.1 Å². The summed E-state index contributed by atoms with van der Waals surface area (Å²) in [5.41, 5.74) is -1.60. The molecular formula is C16H9F5O3S. The molecule has 0 amide bonds. The van der Waals surface area contributed by atoms with Crippen molar-refractivity contribution >= 4 is 14.7 Å². The van der Waals surface area contributed by atoms with E-state index in [9.17, 15) is 30.4 Å². The molecule has 25 heavy (non-hydrogen) atoms. The van der Waals surface area contributed by atoms with Crippen LogP contribution in [0.2, 0.25) is 0 Å². The SMILES string of the molecule is O=S(=O)(C1=CCOc2c(F)ccc(F)c21)c1ccc(C(F)(F)F)cc1. The number of alkyl halides is 3. The summed E-state index contributed by atoms with van der Waals surface area (Å²) >= 11 is 0. The Morgan fingerprint density at radius 2 is 1.52 bits per heavy atom. The first kappa shape index (κ1) is 17.4. The van der Waals surface area contributed by atoms with Crippen molar-refractivity contribution in [3.8, 4) is 5.75 Å². The molecule has 0 N–H and O–H groups in total. The van der Waals surface area contributed by atoms with Crippen molar-refractivity contribution in [1.29, 1.82) is 0 Å². The number of ether oxygens (including phenoxy) is 1. The van der Waals surface area contributed by atoms with Gasteiger partial charge < -0.3 is 4.74 Å². The van der Waals surface area contributed by atoms with Crippen molar-refractivity contribution in [3.63, 3.8) is 0 Å². The van der Waals surface area contributed by atoms with Crippen LogP contribution in [0.15, 0.2) is 47.4 Å². The van der Waals surface area contributed by atoms with Crippen molar-refractivity contribution in [2.24, 2.45) is 0 Å². The average Bonchev–Trinajstić information content (AvgIpc) is 2.57. The lowest BCUT2D eigenvalue weighted by Gasteiger charge is -2.20. The minimum absolute atomic E-state index is 0.317. The second-order valence-electron chi connectivity index (χ2n) is 5.14. The minimum atomic E-state index is -4.62. The predicted octanol–water partition coefficient (Wildman–Crippen LogP) is 4.19. The Bertz CT molecular complexity index is 961. The summed E-state index contributed by atoms with van der Waals surface area (Å²) in [6.45, 7) is -0.317. The summed E-state index contributed by atoms with van der Waals surface area (Å²) in [7, 11) is -4.37. The zero-order valence-corrected chi connectivity index (χ0v) is 13.1. The van der Waals surface area contributed by atoms with Gasteiger partial charge in [-0.05, 0) is 42.5 Å². The van der Waals surface area contributed by atoms with Gasteiger partial charge in [0.1, 0.15) is 12.4 Å². The molecule has 3 nitrogen and oxygen atoms in total. The van der Waals surface area contributed by atoms with E-state index in [4.69, 9.17) is 4.74 Å². The molecule has 0 bridgehead atoms. The quantitative estimate of drug-likeness (QED) is 0.739. The third-order valence-electron chi connectivity index (χ3n) is 3.58. The van der Waals surface area contributed by atoms with Crippen molar-refractivity contribution in [1.82, 2.24) is 0 Å². The summed E-state index contributed by atoms with van der Waals surface area (Å²) in [6.07, 6.45) is -3.58. The van der Waals surface area contributed by atoms with Crippen LogP contribution in [0.25, 0.3) is 4.91 Å². The van der Waals surface area contributed by atoms with Gasteiger partial charge in [-0.1, -0.05) is 0 Å². The van der Waals surface area contributed by atoms with Gasteiger partial charge in [-0.3, -0.25) is 0 Å². The van der Waals surface area contributed by atoms with Crippen LogP contribution in [-0.2, 0) is 16.0 Å². The Hall–Kier alpha value is -2.42. The third kappa shape index (κ3) is 2.99. The maximum atomic E-state index is 14.1. The van der Waals surface area contributed by atoms with Gasteiger partial charge in [-0.2, -0.15) is 13.2 Å².